The van der Waals surface area contributed by atoms with Crippen LogP contribution in [0.25, 0.3) is 0 Å². The molecule has 0 fully saturated rings. The van der Waals surface area contributed by atoms with Crippen molar-refractivity contribution in [2.24, 2.45) is 5.73 Å². The van der Waals surface area contributed by atoms with Gasteiger partial charge in [0, 0.05) is 0 Å². The van der Waals surface area contributed by atoms with Crippen molar-refractivity contribution in [3.05, 3.63) is 59.7 Å². The van der Waals surface area contributed by atoms with E-state index >= 15 is 0 Å². The van der Waals surface area contributed by atoms with E-state index in [4.69, 9.17) is 16.2 Å². The van der Waals surface area contributed by atoms with Gasteiger partial charge in [-0.05, 0) is 36.2 Å². The van der Waals surface area contributed by atoms with Gasteiger partial charge < -0.3 is 16.2 Å². The van der Waals surface area contributed by atoms with Crippen molar-refractivity contribution in [3.8, 4) is 5.75 Å². The van der Waals surface area contributed by atoms with Crippen molar-refractivity contribution in [1.82, 2.24) is 0 Å². The van der Waals surface area contributed by atoms with Crippen LogP contribution in [-0.2, 0) is 13.0 Å². The van der Waals surface area contributed by atoms with Crippen LogP contribution in [0.1, 0.15) is 11.1 Å². The molecule has 0 bridgehead atoms. The minimum absolute atomic E-state index is 0. The summed E-state index contributed by atoms with van der Waals surface area (Å²) in [6.45, 7) is 1.15. The molecule has 2 rings (SSSR count). The van der Waals surface area contributed by atoms with Crippen LogP contribution in [-0.4, -0.2) is 6.54 Å². The predicted molar refractivity (Wildman–Crippen MR) is 81.6 cm³/mol. The maximum absolute atomic E-state index is 5.89. The maximum Gasteiger partial charge on any atom is 0.142 e. The van der Waals surface area contributed by atoms with Gasteiger partial charge in [0.1, 0.15) is 12.4 Å². The zero-order valence-electron chi connectivity index (χ0n) is 10.7. The van der Waals surface area contributed by atoms with E-state index in [-0.39, 0.29) is 12.4 Å². The molecule has 0 amide bonds. The minimum Gasteiger partial charge on any atom is -0.487 e. The Labute approximate surface area is 120 Å². The fourth-order valence-corrected chi connectivity index (χ4v) is 1.76. The molecule has 0 aromatic heterocycles. The molecule has 0 aliphatic carbocycles. The zero-order valence-corrected chi connectivity index (χ0v) is 11.5. The highest BCUT2D eigenvalue weighted by Gasteiger charge is 2.02. The van der Waals surface area contributed by atoms with Gasteiger partial charge in [0.25, 0.3) is 0 Å². The van der Waals surface area contributed by atoms with Crippen molar-refractivity contribution in [1.29, 1.82) is 0 Å². The molecule has 4 N–H and O–H groups in total. The summed E-state index contributed by atoms with van der Waals surface area (Å²) in [6, 6.07) is 15.8. The molecule has 0 spiro atoms. The summed E-state index contributed by atoms with van der Waals surface area (Å²) in [5.74, 6) is 0.727. The average molecular weight is 279 g/mol. The van der Waals surface area contributed by atoms with E-state index < -0.39 is 0 Å². The number of ether oxygens (including phenoxy) is 1. The van der Waals surface area contributed by atoms with Gasteiger partial charge in [0.2, 0.25) is 0 Å². The Balaban J connectivity index is 0.00000180. The van der Waals surface area contributed by atoms with Gasteiger partial charge in [0.05, 0.1) is 5.69 Å². The van der Waals surface area contributed by atoms with E-state index in [2.05, 4.69) is 0 Å². The fourth-order valence-electron chi connectivity index (χ4n) is 1.76. The fraction of sp³-hybridized carbons (Fsp3) is 0.200. The Morgan fingerprint density at radius 2 is 1.68 bits per heavy atom. The number of anilines is 1. The second-order valence-corrected chi connectivity index (χ2v) is 4.19. The lowest BCUT2D eigenvalue weighted by Crippen LogP contribution is -2.04. The minimum atomic E-state index is 0. The first kappa shape index (κ1) is 15.3. The topological polar surface area (TPSA) is 61.3 Å². The van der Waals surface area contributed by atoms with Crippen LogP contribution in [0.15, 0.2) is 48.5 Å². The van der Waals surface area contributed by atoms with Gasteiger partial charge in [-0.1, -0.05) is 36.4 Å². The van der Waals surface area contributed by atoms with E-state index in [0.29, 0.717) is 18.8 Å². The van der Waals surface area contributed by atoms with E-state index in [1.807, 2.05) is 48.5 Å². The van der Waals surface area contributed by atoms with Crippen molar-refractivity contribution in [3.63, 3.8) is 0 Å². The molecule has 0 heterocycles. The van der Waals surface area contributed by atoms with Gasteiger partial charge >= 0.3 is 0 Å². The molecule has 102 valence electrons. The smallest absolute Gasteiger partial charge is 0.142 e. The number of nitrogens with two attached hydrogens (primary N) is 2. The second kappa shape index (κ2) is 7.67. The van der Waals surface area contributed by atoms with Crippen molar-refractivity contribution < 1.29 is 4.74 Å². The molecule has 19 heavy (non-hydrogen) atoms. The van der Waals surface area contributed by atoms with E-state index in [1.54, 1.807) is 0 Å². The monoisotopic (exact) mass is 278 g/mol. The van der Waals surface area contributed by atoms with Crippen LogP contribution < -0.4 is 16.2 Å². The highest BCUT2D eigenvalue weighted by molar-refractivity contribution is 5.85. The first-order valence-corrected chi connectivity index (χ1v) is 6.05. The lowest BCUT2D eigenvalue weighted by Gasteiger charge is -2.10. The molecule has 0 unspecified atom stereocenters. The van der Waals surface area contributed by atoms with Crippen LogP contribution in [0.5, 0.6) is 5.75 Å². The first-order valence-electron chi connectivity index (χ1n) is 6.05. The molecule has 0 saturated carbocycles. The molecule has 0 aliphatic heterocycles. The third-order valence-corrected chi connectivity index (χ3v) is 2.75. The molecule has 2 aromatic rings. The maximum atomic E-state index is 5.89. The SMILES string of the molecule is Cl.NCCc1ccc(N)c(OCc2ccccc2)c1. The largest absolute Gasteiger partial charge is 0.487 e. The second-order valence-electron chi connectivity index (χ2n) is 4.19. The molecular formula is C15H19ClN2O. The predicted octanol–water partition coefficient (Wildman–Crippen LogP) is 2.77. The van der Waals surface area contributed by atoms with Crippen molar-refractivity contribution in [2.75, 3.05) is 12.3 Å². The zero-order chi connectivity index (χ0) is 12.8. The number of rotatable bonds is 5. The Bertz CT molecular complexity index is 503. The van der Waals surface area contributed by atoms with Crippen LogP contribution in [0, 0.1) is 0 Å². The summed E-state index contributed by atoms with van der Waals surface area (Å²) in [7, 11) is 0. The molecule has 0 saturated heterocycles. The Hall–Kier alpha value is -1.71. The van der Waals surface area contributed by atoms with Gasteiger partial charge in [-0.3, -0.25) is 0 Å². The lowest BCUT2D eigenvalue weighted by molar-refractivity contribution is 0.307. The third-order valence-electron chi connectivity index (χ3n) is 2.75. The normalized spacial score (nSPS) is 9.74. The summed E-state index contributed by atoms with van der Waals surface area (Å²) >= 11 is 0. The van der Waals surface area contributed by atoms with Gasteiger partial charge in [-0.2, -0.15) is 0 Å². The summed E-state index contributed by atoms with van der Waals surface area (Å²) in [5, 5.41) is 0. The van der Waals surface area contributed by atoms with E-state index in [0.717, 1.165) is 23.3 Å². The quantitative estimate of drug-likeness (QED) is 0.827. The lowest BCUT2D eigenvalue weighted by atomic mass is 10.1. The highest BCUT2D eigenvalue weighted by Crippen LogP contribution is 2.24. The number of hydrogen-bond donors (Lipinski definition) is 2. The van der Waals surface area contributed by atoms with Crippen molar-refractivity contribution >= 4 is 18.1 Å². The summed E-state index contributed by atoms with van der Waals surface area (Å²) in [4.78, 5) is 0. The molecular weight excluding hydrogens is 260 g/mol. The highest BCUT2D eigenvalue weighted by atomic mass is 35.5. The van der Waals surface area contributed by atoms with Gasteiger partial charge in [0.15, 0.2) is 0 Å². The third kappa shape index (κ3) is 4.47. The molecule has 3 nitrogen and oxygen atoms in total. The number of halogens is 1. The standard InChI is InChI=1S/C15H18N2O.ClH/c16-9-8-12-6-7-14(17)15(10-12)18-11-13-4-2-1-3-5-13;/h1-7,10H,8-9,11,16-17H2;1H. The molecule has 0 radical (unpaired) electrons. The van der Waals surface area contributed by atoms with E-state index in [1.165, 1.54) is 0 Å². The van der Waals surface area contributed by atoms with Crippen LogP contribution >= 0.6 is 12.4 Å². The van der Waals surface area contributed by atoms with E-state index in [9.17, 15) is 0 Å². The summed E-state index contributed by atoms with van der Waals surface area (Å²) in [6.07, 6.45) is 0.835. The summed E-state index contributed by atoms with van der Waals surface area (Å²) in [5.41, 5.74) is 14.4. The Morgan fingerprint density at radius 1 is 0.947 bits per heavy atom. The Kier molecular flexibility index (Phi) is 6.19. The number of hydrogen-bond acceptors (Lipinski definition) is 3. The van der Waals surface area contributed by atoms with Crippen LogP contribution in [0.3, 0.4) is 0 Å². The average Bonchev–Trinajstić information content (AvgIpc) is 2.41. The Morgan fingerprint density at radius 3 is 2.37 bits per heavy atom. The van der Waals surface area contributed by atoms with Gasteiger partial charge in [-0.25, -0.2) is 0 Å². The van der Waals surface area contributed by atoms with Gasteiger partial charge in [-0.15, -0.1) is 12.4 Å². The number of nitrogen functional groups attached to an aromatic ring is 1. The van der Waals surface area contributed by atoms with Crippen molar-refractivity contribution in [2.45, 2.75) is 13.0 Å². The summed E-state index contributed by atoms with van der Waals surface area (Å²) < 4.78 is 5.74. The molecule has 0 aliphatic rings. The molecule has 0 atom stereocenters. The first-order chi connectivity index (χ1) is 8.79. The molecule has 2 aromatic carbocycles. The molecule has 4 heteroatoms. The number of benzene rings is 2. The van der Waals surface area contributed by atoms with Crippen LogP contribution in [0.4, 0.5) is 5.69 Å². The van der Waals surface area contributed by atoms with Crippen LogP contribution in [0.2, 0.25) is 0 Å².